The van der Waals surface area contributed by atoms with Crippen LogP contribution in [0, 0.1) is 5.92 Å². The molecule has 0 aromatic heterocycles. The molecule has 2 aliphatic rings. The fourth-order valence-corrected chi connectivity index (χ4v) is 2.39. The molecule has 4 heteroatoms. The van der Waals surface area contributed by atoms with Crippen LogP contribution in [0.4, 0.5) is 0 Å². The lowest BCUT2D eigenvalue weighted by Gasteiger charge is -2.28. The molecule has 0 aliphatic carbocycles. The molecule has 4 nitrogen and oxygen atoms in total. The second kappa shape index (κ2) is 5.47. The summed E-state index contributed by atoms with van der Waals surface area (Å²) in [6.07, 6.45) is 3.30. The maximum absolute atomic E-state index is 12.2. The molecule has 2 aliphatic heterocycles. The van der Waals surface area contributed by atoms with Crippen LogP contribution in [0.15, 0.2) is 0 Å². The van der Waals surface area contributed by atoms with Crippen LogP contribution >= 0.6 is 0 Å². The average molecular weight is 211 g/mol. The number of nitrogens with zero attached hydrogens (tertiary/aromatic N) is 1. The molecule has 2 rings (SSSR count). The quantitative estimate of drug-likeness (QED) is 0.632. The molecule has 2 fully saturated rings. The topological polar surface area (TPSA) is 44.4 Å². The van der Waals surface area contributed by atoms with Crippen LogP contribution in [0.3, 0.4) is 0 Å². The van der Waals surface area contributed by atoms with Gasteiger partial charge in [0.25, 0.3) is 0 Å². The smallest absolute Gasteiger partial charge is 0.227 e. The average Bonchev–Trinajstić information content (AvgIpc) is 2.58. The zero-order valence-electron chi connectivity index (χ0n) is 9.30. The summed E-state index contributed by atoms with van der Waals surface area (Å²) in [5.41, 5.74) is 0. The first kappa shape index (κ1) is 10.9. The van der Waals surface area contributed by atoms with Crippen molar-refractivity contribution in [3.05, 3.63) is 0 Å². The molecule has 0 aromatic rings. The maximum Gasteiger partial charge on any atom is 0.227 e. The molecule has 1 atom stereocenters. The molecule has 2 saturated heterocycles. The van der Waals surface area contributed by atoms with Crippen LogP contribution in [0.1, 0.15) is 19.3 Å². The third kappa shape index (κ3) is 2.92. The Morgan fingerprint density at radius 3 is 2.73 bits per heavy atom. The molecule has 0 spiro atoms. The van der Waals surface area contributed by atoms with E-state index in [1.54, 1.807) is 0 Å². The van der Waals surface area contributed by atoms with Crippen LogP contribution in [-0.2, 0) is 4.79 Å². The van der Waals surface area contributed by atoms with Crippen molar-refractivity contribution >= 4 is 5.91 Å². The molecule has 0 radical (unpaired) electrons. The van der Waals surface area contributed by atoms with Crippen molar-refractivity contribution in [2.75, 3.05) is 39.3 Å². The molecular weight excluding hydrogens is 190 g/mol. The number of amides is 1. The number of rotatable bonds is 1. The van der Waals surface area contributed by atoms with Crippen LogP contribution in [0.2, 0.25) is 0 Å². The normalized spacial score (nSPS) is 28.5. The summed E-state index contributed by atoms with van der Waals surface area (Å²) < 4.78 is 0. The summed E-state index contributed by atoms with van der Waals surface area (Å²) in [5, 5.41) is 6.63. The van der Waals surface area contributed by atoms with Crippen molar-refractivity contribution in [3.63, 3.8) is 0 Å². The highest BCUT2D eigenvalue weighted by Crippen LogP contribution is 2.13. The van der Waals surface area contributed by atoms with Gasteiger partial charge in [0.2, 0.25) is 5.91 Å². The molecule has 0 saturated carbocycles. The lowest BCUT2D eigenvalue weighted by atomic mass is 9.98. The van der Waals surface area contributed by atoms with Crippen molar-refractivity contribution in [2.24, 2.45) is 5.92 Å². The molecular formula is C11H21N3O. The Hall–Kier alpha value is -0.610. The third-order valence-electron chi connectivity index (χ3n) is 3.30. The van der Waals surface area contributed by atoms with E-state index in [1.165, 1.54) is 0 Å². The van der Waals surface area contributed by atoms with E-state index >= 15 is 0 Å². The molecule has 1 amide bonds. The van der Waals surface area contributed by atoms with Gasteiger partial charge in [-0.15, -0.1) is 0 Å². The van der Waals surface area contributed by atoms with Gasteiger partial charge in [-0.05, 0) is 32.4 Å². The predicted octanol–water partition coefficient (Wildman–Crippen LogP) is -0.192. The van der Waals surface area contributed by atoms with Crippen LogP contribution < -0.4 is 10.6 Å². The fourth-order valence-electron chi connectivity index (χ4n) is 2.39. The largest absolute Gasteiger partial charge is 0.341 e. The van der Waals surface area contributed by atoms with Crippen LogP contribution in [0.5, 0.6) is 0 Å². The van der Waals surface area contributed by atoms with Crippen molar-refractivity contribution < 1.29 is 4.79 Å². The fraction of sp³-hybridized carbons (Fsp3) is 0.909. The van der Waals surface area contributed by atoms with E-state index in [-0.39, 0.29) is 5.92 Å². The Bertz CT molecular complexity index is 206. The van der Waals surface area contributed by atoms with Gasteiger partial charge in [0.05, 0.1) is 5.92 Å². The SMILES string of the molecule is O=C([C@H]1CCCNC1)N1CCCNCC1. The zero-order valence-corrected chi connectivity index (χ0v) is 9.30. The van der Waals surface area contributed by atoms with E-state index in [2.05, 4.69) is 10.6 Å². The second-order valence-corrected chi connectivity index (χ2v) is 4.47. The summed E-state index contributed by atoms with van der Waals surface area (Å²) >= 11 is 0. The summed E-state index contributed by atoms with van der Waals surface area (Å²) in [4.78, 5) is 14.2. The van der Waals surface area contributed by atoms with Gasteiger partial charge in [-0.25, -0.2) is 0 Å². The first-order valence-electron chi connectivity index (χ1n) is 6.08. The highest BCUT2D eigenvalue weighted by atomic mass is 16.2. The van der Waals surface area contributed by atoms with Crippen molar-refractivity contribution in [3.8, 4) is 0 Å². The summed E-state index contributed by atoms with van der Waals surface area (Å²) in [5.74, 6) is 0.600. The molecule has 2 heterocycles. The van der Waals surface area contributed by atoms with E-state index in [1.807, 2.05) is 4.90 Å². The lowest BCUT2D eigenvalue weighted by Crippen LogP contribution is -2.44. The molecule has 0 unspecified atom stereocenters. The highest BCUT2D eigenvalue weighted by molar-refractivity contribution is 5.79. The Balaban J connectivity index is 1.87. The minimum absolute atomic E-state index is 0.233. The van der Waals surface area contributed by atoms with Gasteiger partial charge >= 0.3 is 0 Å². The summed E-state index contributed by atoms with van der Waals surface area (Å²) in [6.45, 7) is 5.77. The van der Waals surface area contributed by atoms with E-state index in [0.717, 1.165) is 58.5 Å². The number of hydrogen-bond acceptors (Lipinski definition) is 3. The molecule has 0 bridgehead atoms. The van der Waals surface area contributed by atoms with E-state index in [4.69, 9.17) is 0 Å². The van der Waals surface area contributed by atoms with E-state index in [9.17, 15) is 4.79 Å². The Morgan fingerprint density at radius 2 is 1.93 bits per heavy atom. The standard InChI is InChI=1S/C11H21N3O/c15-11(10-3-1-4-13-9-10)14-7-2-5-12-6-8-14/h10,12-13H,1-9H2/t10-/m0/s1. The highest BCUT2D eigenvalue weighted by Gasteiger charge is 2.25. The molecule has 0 aromatic carbocycles. The Kier molecular flexibility index (Phi) is 3.97. The van der Waals surface area contributed by atoms with Gasteiger partial charge in [-0.3, -0.25) is 4.79 Å². The number of carbonyl (C=O) groups is 1. The Labute approximate surface area is 91.4 Å². The van der Waals surface area contributed by atoms with Crippen molar-refractivity contribution in [2.45, 2.75) is 19.3 Å². The third-order valence-corrected chi connectivity index (χ3v) is 3.30. The molecule has 2 N–H and O–H groups in total. The predicted molar refractivity (Wildman–Crippen MR) is 59.7 cm³/mol. The minimum Gasteiger partial charge on any atom is -0.341 e. The van der Waals surface area contributed by atoms with Crippen molar-refractivity contribution in [1.29, 1.82) is 0 Å². The molecule has 86 valence electrons. The van der Waals surface area contributed by atoms with E-state index < -0.39 is 0 Å². The number of carbonyl (C=O) groups excluding carboxylic acids is 1. The van der Waals surface area contributed by atoms with Gasteiger partial charge in [-0.2, -0.15) is 0 Å². The van der Waals surface area contributed by atoms with Crippen molar-refractivity contribution in [1.82, 2.24) is 15.5 Å². The first-order valence-corrected chi connectivity index (χ1v) is 6.08. The number of hydrogen-bond donors (Lipinski definition) is 2. The van der Waals surface area contributed by atoms with Gasteiger partial charge in [0.15, 0.2) is 0 Å². The van der Waals surface area contributed by atoms with Crippen LogP contribution in [-0.4, -0.2) is 50.1 Å². The molecule has 15 heavy (non-hydrogen) atoms. The van der Waals surface area contributed by atoms with Gasteiger partial charge in [0.1, 0.15) is 0 Å². The zero-order chi connectivity index (χ0) is 10.5. The Morgan fingerprint density at radius 1 is 1.07 bits per heavy atom. The van der Waals surface area contributed by atoms with Gasteiger partial charge in [0, 0.05) is 26.2 Å². The lowest BCUT2D eigenvalue weighted by molar-refractivity contribution is -0.135. The second-order valence-electron chi connectivity index (χ2n) is 4.47. The number of nitrogens with one attached hydrogen (secondary N) is 2. The minimum atomic E-state index is 0.233. The maximum atomic E-state index is 12.2. The van der Waals surface area contributed by atoms with Gasteiger partial charge < -0.3 is 15.5 Å². The van der Waals surface area contributed by atoms with Crippen LogP contribution in [0.25, 0.3) is 0 Å². The van der Waals surface area contributed by atoms with E-state index in [0.29, 0.717) is 5.91 Å². The number of piperidine rings is 1. The summed E-state index contributed by atoms with van der Waals surface area (Å²) in [6, 6.07) is 0. The summed E-state index contributed by atoms with van der Waals surface area (Å²) in [7, 11) is 0. The van der Waals surface area contributed by atoms with Gasteiger partial charge in [-0.1, -0.05) is 0 Å². The first-order chi connectivity index (χ1) is 7.38. The monoisotopic (exact) mass is 211 g/mol.